The highest BCUT2D eigenvalue weighted by atomic mass is 35.5. The molecule has 1 aliphatic rings. The zero-order chi connectivity index (χ0) is 15.1. The summed E-state index contributed by atoms with van der Waals surface area (Å²) in [6.45, 7) is 0. The van der Waals surface area contributed by atoms with E-state index in [0.717, 1.165) is 24.6 Å². The molecule has 1 saturated carbocycles. The zero-order valence-corrected chi connectivity index (χ0v) is 12.4. The minimum Gasteiger partial charge on any atom is -0.399 e. The van der Waals surface area contributed by atoms with E-state index in [9.17, 15) is 9.59 Å². The van der Waals surface area contributed by atoms with Crippen LogP contribution in [-0.2, 0) is 0 Å². The van der Waals surface area contributed by atoms with Crippen molar-refractivity contribution in [1.29, 1.82) is 0 Å². The number of nitrogens with zero attached hydrogens (tertiary/aromatic N) is 2. The molecule has 21 heavy (non-hydrogen) atoms. The number of halogens is 1. The standard InChI is InChI=1S/C12H12ClN5O2S/c13-8-4-5(14)3-7(10(15)19)9(8)21-12-17-16-11(20)18(12)6-1-2-6/h3-4,6H,1-2,14H2,(H2,15,19)(H,16,20). The quantitative estimate of drug-likeness (QED) is 0.734. The highest BCUT2D eigenvalue weighted by Crippen LogP contribution is 2.40. The van der Waals surface area contributed by atoms with Gasteiger partial charge in [0.1, 0.15) is 0 Å². The first-order chi connectivity index (χ1) is 9.97. The van der Waals surface area contributed by atoms with E-state index in [0.29, 0.717) is 20.8 Å². The number of aromatic amines is 1. The molecule has 0 unspecified atom stereocenters. The number of aromatic nitrogens is 3. The van der Waals surface area contributed by atoms with E-state index in [4.69, 9.17) is 23.1 Å². The Kier molecular flexibility index (Phi) is 3.42. The van der Waals surface area contributed by atoms with E-state index in [-0.39, 0.29) is 17.3 Å². The second-order valence-electron chi connectivity index (χ2n) is 4.76. The Hall–Kier alpha value is -1.93. The third-order valence-corrected chi connectivity index (χ3v) is 4.63. The molecule has 7 nitrogen and oxygen atoms in total. The van der Waals surface area contributed by atoms with Gasteiger partial charge in [0.05, 0.1) is 10.6 Å². The van der Waals surface area contributed by atoms with Crippen molar-refractivity contribution in [1.82, 2.24) is 14.8 Å². The van der Waals surface area contributed by atoms with Gasteiger partial charge in [0.2, 0.25) is 5.91 Å². The van der Waals surface area contributed by atoms with Crippen molar-refractivity contribution in [2.75, 3.05) is 5.73 Å². The third kappa shape index (κ3) is 2.64. The maximum atomic E-state index is 11.8. The monoisotopic (exact) mass is 325 g/mol. The molecular weight excluding hydrogens is 314 g/mol. The lowest BCUT2D eigenvalue weighted by Gasteiger charge is -2.10. The average molecular weight is 326 g/mol. The summed E-state index contributed by atoms with van der Waals surface area (Å²) in [6, 6.07) is 3.15. The molecule has 1 heterocycles. The maximum Gasteiger partial charge on any atom is 0.344 e. The second-order valence-corrected chi connectivity index (χ2v) is 6.14. The lowest BCUT2D eigenvalue weighted by molar-refractivity contribution is 0.0997. The predicted molar refractivity (Wildman–Crippen MR) is 79.6 cm³/mol. The van der Waals surface area contributed by atoms with E-state index in [1.165, 1.54) is 12.1 Å². The van der Waals surface area contributed by atoms with E-state index in [1.54, 1.807) is 4.57 Å². The number of hydrogen-bond donors (Lipinski definition) is 3. The van der Waals surface area contributed by atoms with Gasteiger partial charge >= 0.3 is 5.69 Å². The number of H-pyrrole nitrogens is 1. The Balaban J connectivity index is 2.06. The van der Waals surface area contributed by atoms with Gasteiger partial charge in [-0.1, -0.05) is 11.6 Å². The number of primary amides is 1. The highest BCUT2D eigenvalue weighted by Gasteiger charge is 2.29. The molecule has 0 radical (unpaired) electrons. The molecule has 1 aromatic carbocycles. The number of hydrogen-bond acceptors (Lipinski definition) is 5. The Bertz CT molecular complexity index is 780. The first-order valence-corrected chi connectivity index (χ1v) is 7.40. The summed E-state index contributed by atoms with van der Waals surface area (Å²) in [7, 11) is 0. The SMILES string of the molecule is NC(=O)c1cc(N)cc(Cl)c1Sc1n[nH]c(=O)n1C1CC1. The summed E-state index contributed by atoms with van der Waals surface area (Å²) in [5.74, 6) is -0.637. The molecule has 0 spiro atoms. The fourth-order valence-electron chi connectivity index (χ4n) is 2.01. The van der Waals surface area contributed by atoms with Gasteiger partial charge in [0, 0.05) is 16.6 Å². The molecule has 1 aliphatic carbocycles. The number of rotatable bonds is 4. The van der Waals surface area contributed by atoms with E-state index < -0.39 is 5.91 Å². The largest absolute Gasteiger partial charge is 0.399 e. The molecule has 0 bridgehead atoms. The zero-order valence-electron chi connectivity index (χ0n) is 10.8. The van der Waals surface area contributed by atoms with Crippen LogP contribution in [0.3, 0.4) is 0 Å². The van der Waals surface area contributed by atoms with Crippen LogP contribution in [0.5, 0.6) is 0 Å². The number of amides is 1. The van der Waals surface area contributed by atoms with Crippen molar-refractivity contribution in [3.05, 3.63) is 33.2 Å². The number of anilines is 1. The van der Waals surface area contributed by atoms with Crippen LogP contribution in [0, 0.1) is 0 Å². The number of carbonyl (C=O) groups is 1. The summed E-state index contributed by atoms with van der Waals surface area (Å²) < 4.78 is 1.57. The maximum absolute atomic E-state index is 11.8. The van der Waals surface area contributed by atoms with Crippen LogP contribution in [0.25, 0.3) is 0 Å². The molecule has 2 aromatic rings. The third-order valence-electron chi connectivity index (χ3n) is 3.11. The van der Waals surface area contributed by atoms with E-state index in [2.05, 4.69) is 10.2 Å². The van der Waals surface area contributed by atoms with Crippen LogP contribution in [0.15, 0.2) is 27.0 Å². The normalized spacial score (nSPS) is 14.3. The van der Waals surface area contributed by atoms with Gasteiger partial charge in [0.25, 0.3) is 0 Å². The Morgan fingerprint density at radius 2 is 2.19 bits per heavy atom. The summed E-state index contributed by atoms with van der Waals surface area (Å²) in [6.07, 6.45) is 1.87. The van der Waals surface area contributed by atoms with Gasteiger partial charge in [-0.3, -0.25) is 9.36 Å². The summed E-state index contributed by atoms with van der Waals surface area (Å²) >= 11 is 7.27. The molecule has 110 valence electrons. The van der Waals surface area contributed by atoms with Crippen LogP contribution >= 0.6 is 23.4 Å². The minimum atomic E-state index is -0.637. The molecule has 0 saturated heterocycles. The van der Waals surface area contributed by atoms with Crippen molar-refractivity contribution < 1.29 is 4.79 Å². The van der Waals surface area contributed by atoms with Crippen LogP contribution in [-0.4, -0.2) is 20.7 Å². The van der Waals surface area contributed by atoms with Crippen LogP contribution in [0.2, 0.25) is 5.02 Å². The van der Waals surface area contributed by atoms with Gasteiger partial charge in [-0.2, -0.15) is 0 Å². The van der Waals surface area contributed by atoms with Gasteiger partial charge in [0.15, 0.2) is 5.16 Å². The Morgan fingerprint density at radius 3 is 2.81 bits per heavy atom. The van der Waals surface area contributed by atoms with E-state index >= 15 is 0 Å². The first-order valence-electron chi connectivity index (χ1n) is 6.21. The minimum absolute atomic E-state index is 0.156. The summed E-state index contributed by atoms with van der Waals surface area (Å²) in [5, 5.41) is 7.15. The smallest absolute Gasteiger partial charge is 0.344 e. The van der Waals surface area contributed by atoms with Gasteiger partial charge in [-0.15, -0.1) is 5.10 Å². The number of nitrogens with two attached hydrogens (primary N) is 2. The molecule has 1 fully saturated rings. The van der Waals surface area contributed by atoms with Crippen LogP contribution in [0.4, 0.5) is 5.69 Å². The molecule has 1 amide bonds. The first kappa shape index (κ1) is 14.0. The van der Waals surface area contributed by atoms with Gasteiger partial charge in [-0.05, 0) is 36.7 Å². The summed E-state index contributed by atoms with van der Waals surface area (Å²) in [4.78, 5) is 23.8. The van der Waals surface area contributed by atoms with Crippen molar-refractivity contribution >= 4 is 35.0 Å². The molecule has 3 rings (SSSR count). The molecule has 0 aliphatic heterocycles. The van der Waals surface area contributed by atoms with Crippen molar-refractivity contribution in [3.8, 4) is 0 Å². The van der Waals surface area contributed by atoms with Crippen LogP contribution < -0.4 is 17.2 Å². The number of nitrogens with one attached hydrogen (secondary N) is 1. The lowest BCUT2D eigenvalue weighted by atomic mass is 10.2. The van der Waals surface area contributed by atoms with Crippen LogP contribution in [0.1, 0.15) is 29.2 Å². The van der Waals surface area contributed by atoms with E-state index in [1.807, 2.05) is 0 Å². The number of carbonyl (C=O) groups excluding carboxylic acids is 1. The number of nitrogen functional groups attached to an aromatic ring is 1. The van der Waals surface area contributed by atoms with Gasteiger partial charge < -0.3 is 11.5 Å². The fraction of sp³-hybridized carbons (Fsp3) is 0.250. The predicted octanol–water partition coefficient (Wildman–Crippen LogP) is 1.39. The van der Waals surface area contributed by atoms with Crippen molar-refractivity contribution in [2.24, 2.45) is 5.73 Å². The topological polar surface area (TPSA) is 120 Å². The summed E-state index contributed by atoms with van der Waals surface area (Å²) in [5.41, 5.74) is 11.3. The molecule has 5 N–H and O–H groups in total. The Labute approximate surface area is 128 Å². The second kappa shape index (κ2) is 5.12. The lowest BCUT2D eigenvalue weighted by Crippen LogP contribution is -2.16. The fourth-order valence-corrected chi connectivity index (χ4v) is 3.38. The molecule has 0 atom stereocenters. The molecule has 1 aromatic heterocycles. The molecular formula is C12H12ClN5O2S. The van der Waals surface area contributed by atoms with Crippen molar-refractivity contribution in [3.63, 3.8) is 0 Å². The Morgan fingerprint density at radius 1 is 1.48 bits per heavy atom. The highest BCUT2D eigenvalue weighted by molar-refractivity contribution is 7.99. The number of benzene rings is 1. The van der Waals surface area contributed by atoms with Crippen molar-refractivity contribution in [2.45, 2.75) is 28.9 Å². The molecule has 9 heteroatoms. The average Bonchev–Trinajstić information content (AvgIpc) is 3.17. The van der Waals surface area contributed by atoms with Gasteiger partial charge in [-0.25, -0.2) is 9.89 Å².